The molecule has 0 aromatic heterocycles. The Morgan fingerprint density at radius 3 is 2.00 bits per heavy atom. The Bertz CT molecular complexity index is 200. The summed E-state index contributed by atoms with van der Waals surface area (Å²) < 4.78 is 0. The van der Waals surface area contributed by atoms with Crippen LogP contribution in [0.4, 0.5) is 0 Å². The number of hydrogen-bond acceptors (Lipinski definition) is 6. The van der Waals surface area contributed by atoms with Crippen LogP contribution >= 0.6 is 0 Å². The third kappa shape index (κ3) is 2.80. The lowest BCUT2D eigenvalue weighted by molar-refractivity contribution is -0.301. The Balaban J connectivity index is 4.25. The summed E-state index contributed by atoms with van der Waals surface area (Å²) in [7, 11) is 0. The SMILES string of the molecule is NC(=O)C(=O)NC(O)(O)C(O)O. The number of hydrogen-bond donors (Lipinski definition) is 6. The number of aliphatic hydroxyl groups excluding tert-OH is 1. The van der Waals surface area contributed by atoms with Crippen LogP contribution in [0, 0.1) is 0 Å². The number of carbonyl (C=O) groups excluding carboxylic acids is 2. The number of amides is 2. The molecule has 0 aliphatic carbocycles. The molecule has 0 rings (SSSR count). The molecule has 2 amide bonds. The molecule has 0 unspecified atom stereocenters. The van der Waals surface area contributed by atoms with Crippen LogP contribution in [-0.4, -0.2) is 44.4 Å². The molecular formula is C4H8N2O6. The van der Waals surface area contributed by atoms with Crippen LogP contribution in [0.5, 0.6) is 0 Å². The van der Waals surface area contributed by atoms with Crippen molar-refractivity contribution in [3.63, 3.8) is 0 Å². The lowest BCUT2D eigenvalue weighted by atomic mass is 10.4. The smallest absolute Gasteiger partial charge is 0.313 e. The zero-order valence-electron chi connectivity index (χ0n) is 5.76. The highest BCUT2D eigenvalue weighted by Crippen LogP contribution is 1.97. The minimum Gasteiger partial charge on any atom is -0.362 e. The average Bonchev–Trinajstić information content (AvgIpc) is 1.85. The number of nitrogens with one attached hydrogen (secondary N) is 1. The summed E-state index contributed by atoms with van der Waals surface area (Å²) in [5.74, 6) is -6.32. The highest BCUT2D eigenvalue weighted by atomic mass is 16.6. The maximum absolute atomic E-state index is 10.3. The van der Waals surface area contributed by atoms with Crippen LogP contribution in [-0.2, 0) is 9.59 Å². The van der Waals surface area contributed by atoms with E-state index in [9.17, 15) is 9.59 Å². The van der Waals surface area contributed by atoms with Crippen molar-refractivity contribution in [1.29, 1.82) is 0 Å². The summed E-state index contributed by atoms with van der Waals surface area (Å²) in [4.78, 5) is 20.4. The number of rotatable bonds is 2. The van der Waals surface area contributed by atoms with Crippen molar-refractivity contribution in [3.8, 4) is 0 Å². The second-order valence-corrected chi connectivity index (χ2v) is 1.92. The molecule has 8 heteroatoms. The van der Waals surface area contributed by atoms with E-state index in [2.05, 4.69) is 5.73 Å². The second-order valence-electron chi connectivity index (χ2n) is 1.92. The van der Waals surface area contributed by atoms with Gasteiger partial charge in [0.25, 0.3) is 0 Å². The molecule has 0 aromatic carbocycles. The van der Waals surface area contributed by atoms with Crippen molar-refractivity contribution in [2.45, 2.75) is 12.2 Å². The van der Waals surface area contributed by atoms with E-state index in [1.165, 1.54) is 0 Å². The second kappa shape index (κ2) is 3.45. The van der Waals surface area contributed by atoms with Gasteiger partial charge in [0.1, 0.15) is 0 Å². The van der Waals surface area contributed by atoms with Gasteiger partial charge in [-0.3, -0.25) is 14.9 Å². The maximum atomic E-state index is 10.3. The summed E-state index contributed by atoms with van der Waals surface area (Å²) in [5.41, 5.74) is 4.41. The molecule has 0 saturated heterocycles. The van der Waals surface area contributed by atoms with Gasteiger partial charge in [0.05, 0.1) is 0 Å². The van der Waals surface area contributed by atoms with Crippen LogP contribution < -0.4 is 11.1 Å². The Hall–Kier alpha value is -1.22. The van der Waals surface area contributed by atoms with Crippen LogP contribution in [0.25, 0.3) is 0 Å². The molecule has 0 spiro atoms. The molecule has 7 N–H and O–H groups in total. The van der Waals surface area contributed by atoms with Gasteiger partial charge in [-0.15, -0.1) is 0 Å². The summed E-state index contributed by atoms with van der Waals surface area (Å²) in [6, 6.07) is 0. The summed E-state index contributed by atoms with van der Waals surface area (Å²) in [6.07, 6.45) is -2.64. The van der Waals surface area contributed by atoms with Gasteiger partial charge >= 0.3 is 17.7 Å². The fourth-order valence-electron chi connectivity index (χ4n) is 0.293. The van der Waals surface area contributed by atoms with Gasteiger partial charge in [-0.1, -0.05) is 0 Å². The summed E-state index contributed by atoms with van der Waals surface area (Å²) in [6.45, 7) is 0. The number of nitrogens with two attached hydrogens (primary N) is 1. The third-order valence-corrected chi connectivity index (χ3v) is 0.881. The normalized spacial score (nSPS) is 11.4. The van der Waals surface area contributed by atoms with Gasteiger partial charge in [-0.2, -0.15) is 0 Å². The monoisotopic (exact) mass is 180 g/mol. The van der Waals surface area contributed by atoms with E-state index in [1.807, 2.05) is 0 Å². The van der Waals surface area contributed by atoms with E-state index < -0.39 is 24.0 Å². The minimum atomic E-state index is -3.29. The van der Waals surface area contributed by atoms with Gasteiger partial charge in [0, 0.05) is 0 Å². The zero-order valence-corrected chi connectivity index (χ0v) is 5.76. The fourth-order valence-corrected chi connectivity index (χ4v) is 0.293. The molecule has 0 bridgehead atoms. The summed E-state index contributed by atoms with van der Waals surface area (Å²) in [5, 5.41) is 34.6. The molecular weight excluding hydrogens is 172 g/mol. The fraction of sp³-hybridized carbons (Fsp3) is 0.500. The van der Waals surface area contributed by atoms with Gasteiger partial charge in [0.15, 0.2) is 0 Å². The predicted octanol–water partition coefficient (Wildman–Crippen LogP) is -4.46. The van der Waals surface area contributed by atoms with Crippen molar-refractivity contribution < 1.29 is 30.0 Å². The van der Waals surface area contributed by atoms with Crippen molar-refractivity contribution in [2.24, 2.45) is 5.73 Å². The first kappa shape index (κ1) is 10.8. The van der Waals surface area contributed by atoms with Gasteiger partial charge in [-0.25, -0.2) is 0 Å². The van der Waals surface area contributed by atoms with E-state index in [-0.39, 0.29) is 0 Å². The molecule has 8 nitrogen and oxygen atoms in total. The molecule has 70 valence electrons. The Morgan fingerprint density at radius 2 is 1.75 bits per heavy atom. The van der Waals surface area contributed by atoms with Crippen molar-refractivity contribution in [2.75, 3.05) is 0 Å². The first-order valence-corrected chi connectivity index (χ1v) is 2.70. The van der Waals surface area contributed by atoms with Crippen LogP contribution in [0.3, 0.4) is 0 Å². The molecule has 0 aliphatic rings. The molecule has 0 heterocycles. The highest BCUT2D eigenvalue weighted by Gasteiger charge is 2.35. The Morgan fingerprint density at radius 1 is 1.33 bits per heavy atom. The Labute approximate surface area is 66.2 Å². The van der Waals surface area contributed by atoms with Gasteiger partial charge in [-0.05, 0) is 0 Å². The molecule has 0 fully saturated rings. The third-order valence-electron chi connectivity index (χ3n) is 0.881. The van der Waals surface area contributed by atoms with E-state index in [0.29, 0.717) is 0 Å². The minimum absolute atomic E-state index is 1.15. The molecule has 0 saturated carbocycles. The number of aliphatic hydroxyl groups is 4. The summed E-state index contributed by atoms with van der Waals surface area (Å²) >= 11 is 0. The van der Waals surface area contributed by atoms with Crippen molar-refractivity contribution >= 4 is 11.8 Å². The van der Waals surface area contributed by atoms with Gasteiger partial charge < -0.3 is 26.2 Å². The van der Waals surface area contributed by atoms with Crippen molar-refractivity contribution in [3.05, 3.63) is 0 Å². The molecule has 0 radical (unpaired) electrons. The van der Waals surface area contributed by atoms with Crippen LogP contribution in [0.1, 0.15) is 0 Å². The predicted molar refractivity (Wildman–Crippen MR) is 32.7 cm³/mol. The first-order chi connectivity index (χ1) is 5.27. The Kier molecular flexibility index (Phi) is 3.10. The van der Waals surface area contributed by atoms with Crippen molar-refractivity contribution in [1.82, 2.24) is 5.32 Å². The molecule has 0 atom stereocenters. The maximum Gasteiger partial charge on any atom is 0.313 e. The van der Waals surface area contributed by atoms with Gasteiger partial charge in [0.2, 0.25) is 6.29 Å². The van der Waals surface area contributed by atoms with Crippen LogP contribution in [0.2, 0.25) is 0 Å². The number of primary amides is 1. The van der Waals surface area contributed by atoms with E-state index in [1.54, 1.807) is 0 Å². The molecule has 12 heavy (non-hydrogen) atoms. The van der Waals surface area contributed by atoms with E-state index >= 15 is 0 Å². The lowest BCUT2D eigenvalue weighted by Gasteiger charge is -2.23. The van der Waals surface area contributed by atoms with Crippen LogP contribution in [0.15, 0.2) is 0 Å². The highest BCUT2D eigenvalue weighted by molar-refractivity contribution is 6.34. The number of carbonyl (C=O) groups is 2. The standard InChI is InChI=1S/C4H8N2O6/c5-1(7)2(8)6-4(11,12)3(9)10/h3,9-12H,(H2,5,7)(H,6,8). The average molecular weight is 180 g/mol. The largest absolute Gasteiger partial charge is 0.362 e. The first-order valence-electron chi connectivity index (χ1n) is 2.70. The van der Waals surface area contributed by atoms with E-state index in [4.69, 9.17) is 20.4 Å². The van der Waals surface area contributed by atoms with E-state index in [0.717, 1.165) is 5.32 Å². The molecule has 0 aliphatic heterocycles. The topological polar surface area (TPSA) is 153 Å². The molecule has 0 aromatic rings. The quantitative estimate of drug-likeness (QED) is 0.186. The lowest BCUT2D eigenvalue weighted by Crippen LogP contribution is -2.59. The zero-order chi connectivity index (χ0) is 9.94.